The summed E-state index contributed by atoms with van der Waals surface area (Å²) in [7, 11) is 1.48. The van der Waals surface area contributed by atoms with E-state index in [1.807, 2.05) is 6.07 Å². The van der Waals surface area contributed by atoms with E-state index < -0.39 is 11.5 Å². The Balaban J connectivity index is 1.70. The monoisotopic (exact) mass is 382 g/mol. The molecule has 1 N–H and O–H groups in total. The molecule has 0 saturated heterocycles. The summed E-state index contributed by atoms with van der Waals surface area (Å²) in [4.78, 5) is 24.7. The molecular formula is C19H18N4O5. The second-order valence-corrected chi connectivity index (χ2v) is 6.03. The Morgan fingerprint density at radius 2 is 2.18 bits per heavy atom. The summed E-state index contributed by atoms with van der Waals surface area (Å²) >= 11 is 0. The Morgan fingerprint density at radius 3 is 2.93 bits per heavy atom. The maximum atomic E-state index is 12.5. The fourth-order valence-electron chi connectivity index (χ4n) is 2.77. The molecule has 0 bridgehead atoms. The van der Waals surface area contributed by atoms with E-state index >= 15 is 0 Å². The lowest BCUT2D eigenvalue weighted by Crippen LogP contribution is -2.33. The predicted octanol–water partition coefficient (Wildman–Crippen LogP) is 1.05. The third-order valence-corrected chi connectivity index (χ3v) is 4.10. The van der Waals surface area contributed by atoms with Crippen LogP contribution < -0.4 is 20.5 Å². The van der Waals surface area contributed by atoms with Gasteiger partial charge >= 0.3 is 0 Å². The lowest BCUT2D eigenvalue weighted by Gasteiger charge is -2.12. The number of methoxy groups -OCH3 is 1. The van der Waals surface area contributed by atoms with Crippen molar-refractivity contribution in [2.45, 2.75) is 20.1 Å². The minimum absolute atomic E-state index is 0.0379. The summed E-state index contributed by atoms with van der Waals surface area (Å²) < 4.78 is 16.7. The predicted molar refractivity (Wildman–Crippen MR) is 99.2 cm³/mol. The largest absolute Gasteiger partial charge is 0.454 e. The minimum atomic E-state index is -0.538. The van der Waals surface area contributed by atoms with Gasteiger partial charge in [-0.2, -0.15) is 10.4 Å². The lowest BCUT2D eigenvalue weighted by atomic mass is 10.1. The van der Waals surface area contributed by atoms with Crippen molar-refractivity contribution in [3.05, 3.63) is 57.0 Å². The van der Waals surface area contributed by atoms with E-state index in [0.717, 1.165) is 0 Å². The summed E-state index contributed by atoms with van der Waals surface area (Å²) in [6.07, 6.45) is 1.46. The number of rotatable bonds is 6. The van der Waals surface area contributed by atoms with E-state index in [4.69, 9.17) is 14.2 Å². The molecule has 0 saturated carbocycles. The van der Waals surface area contributed by atoms with Crippen molar-refractivity contribution in [2.75, 3.05) is 13.9 Å². The zero-order chi connectivity index (χ0) is 20.1. The molecule has 3 rings (SSSR count). The van der Waals surface area contributed by atoms with Gasteiger partial charge in [0, 0.05) is 18.4 Å². The van der Waals surface area contributed by atoms with Gasteiger partial charge in [-0.3, -0.25) is 9.59 Å². The van der Waals surface area contributed by atoms with E-state index in [-0.39, 0.29) is 25.5 Å². The molecule has 9 nitrogen and oxygen atoms in total. The van der Waals surface area contributed by atoms with E-state index in [1.54, 1.807) is 31.2 Å². The van der Waals surface area contributed by atoms with Gasteiger partial charge < -0.3 is 18.8 Å². The van der Waals surface area contributed by atoms with Gasteiger partial charge in [0.15, 0.2) is 11.5 Å². The van der Waals surface area contributed by atoms with Crippen molar-refractivity contribution < 1.29 is 19.0 Å². The number of fused-ring (bicyclic) bond motifs is 1. The van der Waals surface area contributed by atoms with Crippen LogP contribution in [-0.2, 0) is 22.7 Å². The second-order valence-electron chi connectivity index (χ2n) is 6.03. The molecule has 0 spiro atoms. The van der Waals surface area contributed by atoms with Crippen LogP contribution in [-0.4, -0.2) is 30.6 Å². The first-order valence-electron chi connectivity index (χ1n) is 8.37. The fraction of sp³-hybridized carbons (Fsp3) is 0.263. The van der Waals surface area contributed by atoms with Crippen LogP contribution in [0, 0.1) is 18.3 Å². The average Bonchev–Trinajstić information content (AvgIpc) is 3.13. The van der Waals surface area contributed by atoms with Crippen LogP contribution in [0.3, 0.4) is 0 Å². The molecule has 144 valence electrons. The molecule has 28 heavy (non-hydrogen) atoms. The number of aromatic nitrogens is 1. The molecule has 0 unspecified atom stereocenters. The molecule has 2 heterocycles. The topological polar surface area (TPSA) is 115 Å². The normalized spacial score (nSPS) is 12.2. The number of carbonyl (C=O) groups excluding carboxylic acids is 1. The highest BCUT2D eigenvalue weighted by Gasteiger charge is 2.15. The average molecular weight is 382 g/mol. The first kappa shape index (κ1) is 19.1. The number of aryl methyl sites for hydroxylation is 1. The Labute approximate surface area is 160 Å². The van der Waals surface area contributed by atoms with Crippen molar-refractivity contribution in [1.29, 1.82) is 5.26 Å². The first-order valence-corrected chi connectivity index (χ1v) is 8.37. The maximum absolute atomic E-state index is 12.5. The van der Waals surface area contributed by atoms with E-state index in [1.165, 1.54) is 17.9 Å². The van der Waals surface area contributed by atoms with Gasteiger partial charge in [-0.15, -0.1) is 0 Å². The number of nitrogens with one attached hydrogen (secondary N) is 1. The Morgan fingerprint density at radius 1 is 1.39 bits per heavy atom. The van der Waals surface area contributed by atoms with Crippen molar-refractivity contribution in [3.63, 3.8) is 0 Å². The third kappa shape index (κ3) is 4.02. The molecule has 1 aliphatic rings. The van der Waals surface area contributed by atoms with Crippen LogP contribution in [0.4, 0.5) is 0 Å². The standard InChI is InChI=1S/C19H18N4O5/c1-12-5-14(10-26-2)15(7-20)19(25)23(12)9-18(24)22-21-8-13-3-4-16-17(6-13)28-11-27-16/h3-6,8H,9-11H2,1-2H3,(H,22,24). The van der Waals surface area contributed by atoms with Crippen molar-refractivity contribution in [3.8, 4) is 17.6 Å². The molecule has 1 aliphatic heterocycles. The number of carbonyl (C=O) groups is 1. The molecule has 0 radical (unpaired) electrons. The molecule has 0 fully saturated rings. The van der Waals surface area contributed by atoms with Gasteiger partial charge in [-0.05, 0) is 36.8 Å². The zero-order valence-corrected chi connectivity index (χ0v) is 15.4. The fourth-order valence-corrected chi connectivity index (χ4v) is 2.77. The highest BCUT2D eigenvalue weighted by Crippen LogP contribution is 2.31. The quantitative estimate of drug-likeness (QED) is 0.590. The SMILES string of the molecule is COCc1cc(C)n(CC(=O)NN=Cc2ccc3c(c2)OCO3)c(=O)c1C#N. The number of ether oxygens (including phenoxy) is 3. The smallest absolute Gasteiger partial charge is 0.269 e. The molecule has 1 aromatic heterocycles. The van der Waals surface area contributed by atoms with Crippen LogP contribution in [0.15, 0.2) is 34.2 Å². The van der Waals surface area contributed by atoms with Crippen LogP contribution in [0.25, 0.3) is 0 Å². The number of hydrogen-bond donors (Lipinski definition) is 1. The second kappa shape index (κ2) is 8.37. The van der Waals surface area contributed by atoms with Gasteiger partial charge in [0.05, 0.1) is 12.8 Å². The summed E-state index contributed by atoms with van der Waals surface area (Å²) in [5, 5.41) is 13.1. The summed E-state index contributed by atoms with van der Waals surface area (Å²) in [5.74, 6) is 0.768. The number of pyridine rings is 1. The van der Waals surface area contributed by atoms with Crippen LogP contribution in [0.2, 0.25) is 0 Å². The zero-order valence-electron chi connectivity index (χ0n) is 15.4. The van der Waals surface area contributed by atoms with Crippen LogP contribution in [0.1, 0.15) is 22.4 Å². The van der Waals surface area contributed by atoms with Gasteiger partial charge in [0.25, 0.3) is 11.5 Å². The lowest BCUT2D eigenvalue weighted by molar-refractivity contribution is -0.121. The number of nitrogens with zero attached hydrogens (tertiary/aromatic N) is 3. The van der Waals surface area contributed by atoms with Crippen LogP contribution >= 0.6 is 0 Å². The molecule has 0 atom stereocenters. The molecule has 0 aliphatic carbocycles. The van der Waals surface area contributed by atoms with E-state index in [2.05, 4.69) is 10.5 Å². The van der Waals surface area contributed by atoms with Crippen molar-refractivity contribution in [1.82, 2.24) is 9.99 Å². The number of hydrogen-bond acceptors (Lipinski definition) is 7. The van der Waals surface area contributed by atoms with Crippen molar-refractivity contribution >= 4 is 12.1 Å². The van der Waals surface area contributed by atoms with Crippen LogP contribution in [0.5, 0.6) is 11.5 Å². The number of nitriles is 1. The van der Waals surface area contributed by atoms with E-state index in [9.17, 15) is 14.9 Å². The van der Waals surface area contributed by atoms with Gasteiger partial charge in [-0.25, -0.2) is 5.43 Å². The Hall–Kier alpha value is -3.64. The Bertz CT molecular complexity index is 1040. The highest BCUT2D eigenvalue weighted by atomic mass is 16.7. The molecule has 2 aromatic rings. The number of hydrazone groups is 1. The summed E-state index contributed by atoms with van der Waals surface area (Å²) in [5.41, 5.74) is 3.55. The molecule has 9 heteroatoms. The number of amides is 1. The molecule has 1 aromatic carbocycles. The third-order valence-electron chi connectivity index (χ3n) is 4.10. The molecule has 1 amide bonds. The summed E-state index contributed by atoms with van der Waals surface area (Å²) in [6, 6.07) is 8.79. The van der Waals surface area contributed by atoms with Gasteiger partial charge in [0.2, 0.25) is 6.79 Å². The minimum Gasteiger partial charge on any atom is -0.454 e. The highest BCUT2D eigenvalue weighted by molar-refractivity contribution is 5.83. The van der Waals surface area contributed by atoms with Crippen molar-refractivity contribution in [2.24, 2.45) is 5.10 Å². The van der Waals surface area contributed by atoms with E-state index in [0.29, 0.717) is 28.3 Å². The Kier molecular flexibility index (Phi) is 5.72. The maximum Gasteiger partial charge on any atom is 0.269 e. The summed E-state index contributed by atoms with van der Waals surface area (Å²) in [6.45, 7) is 1.75. The number of benzene rings is 1. The first-order chi connectivity index (χ1) is 13.5. The van der Waals surface area contributed by atoms with Gasteiger partial charge in [0.1, 0.15) is 18.2 Å². The molecular weight excluding hydrogens is 364 g/mol. The van der Waals surface area contributed by atoms with Gasteiger partial charge in [-0.1, -0.05) is 0 Å².